The van der Waals surface area contributed by atoms with Gasteiger partial charge < -0.3 is 9.84 Å². The maximum absolute atomic E-state index is 11.9. The molecular formula is C17H16O4. The van der Waals surface area contributed by atoms with Crippen LogP contribution in [0.5, 0.6) is 0 Å². The Balaban J connectivity index is 2.55. The van der Waals surface area contributed by atoms with Crippen molar-refractivity contribution in [3.05, 3.63) is 71.8 Å². The number of rotatable bonds is 5. The smallest absolute Gasteiger partial charge is 0.321 e. The van der Waals surface area contributed by atoms with Crippen molar-refractivity contribution in [1.29, 1.82) is 0 Å². The van der Waals surface area contributed by atoms with Gasteiger partial charge >= 0.3 is 11.9 Å². The quantitative estimate of drug-likeness (QED) is 0.677. The van der Waals surface area contributed by atoms with Gasteiger partial charge in [-0.25, -0.2) is 0 Å². The first-order valence-electron chi connectivity index (χ1n) is 6.55. The van der Waals surface area contributed by atoms with Crippen LogP contribution in [0.25, 0.3) is 0 Å². The van der Waals surface area contributed by atoms with Crippen LogP contribution in [0.4, 0.5) is 0 Å². The molecule has 108 valence electrons. The van der Waals surface area contributed by atoms with Crippen molar-refractivity contribution >= 4 is 11.9 Å². The number of benzene rings is 2. The predicted octanol–water partition coefficient (Wildman–Crippen LogP) is 2.69. The van der Waals surface area contributed by atoms with Gasteiger partial charge in [-0.1, -0.05) is 60.7 Å². The molecule has 21 heavy (non-hydrogen) atoms. The van der Waals surface area contributed by atoms with Crippen LogP contribution in [-0.4, -0.2) is 24.2 Å². The van der Waals surface area contributed by atoms with E-state index in [1.165, 1.54) is 7.11 Å². The SMILES string of the molecule is COC(=O)[C@@H](C(=O)O)C(c1ccccc1)c1ccccc1. The van der Waals surface area contributed by atoms with Crippen LogP contribution >= 0.6 is 0 Å². The molecule has 0 radical (unpaired) electrons. The van der Waals surface area contributed by atoms with Crippen molar-refractivity contribution in [1.82, 2.24) is 0 Å². The molecule has 2 aromatic carbocycles. The number of methoxy groups -OCH3 is 1. The lowest BCUT2D eigenvalue weighted by Crippen LogP contribution is -2.31. The highest BCUT2D eigenvalue weighted by Gasteiger charge is 2.37. The van der Waals surface area contributed by atoms with E-state index < -0.39 is 23.8 Å². The second-order valence-corrected chi connectivity index (χ2v) is 4.64. The van der Waals surface area contributed by atoms with Crippen molar-refractivity contribution < 1.29 is 19.4 Å². The van der Waals surface area contributed by atoms with E-state index in [0.717, 1.165) is 11.1 Å². The second kappa shape index (κ2) is 6.70. The molecule has 0 spiro atoms. The van der Waals surface area contributed by atoms with Crippen molar-refractivity contribution in [2.45, 2.75) is 5.92 Å². The van der Waals surface area contributed by atoms with Gasteiger partial charge in [0, 0.05) is 5.92 Å². The third-order valence-electron chi connectivity index (χ3n) is 3.37. The zero-order valence-corrected chi connectivity index (χ0v) is 11.6. The van der Waals surface area contributed by atoms with Crippen LogP contribution in [0, 0.1) is 5.92 Å². The summed E-state index contributed by atoms with van der Waals surface area (Å²) in [5.74, 6) is -3.81. The highest BCUT2D eigenvalue weighted by Crippen LogP contribution is 2.33. The lowest BCUT2D eigenvalue weighted by molar-refractivity contribution is -0.157. The highest BCUT2D eigenvalue weighted by atomic mass is 16.5. The molecule has 0 aromatic heterocycles. The number of carboxylic acid groups (broad SMARTS) is 1. The zero-order valence-electron chi connectivity index (χ0n) is 11.6. The topological polar surface area (TPSA) is 63.6 Å². The predicted molar refractivity (Wildman–Crippen MR) is 77.9 cm³/mol. The van der Waals surface area contributed by atoms with Crippen molar-refractivity contribution in [2.24, 2.45) is 5.92 Å². The second-order valence-electron chi connectivity index (χ2n) is 4.64. The van der Waals surface area contributed by atoms with E-state index in [2.05, 4.69) is 4.74 Å². The Kier molecular flexibility index (Phi) is 4.72. The number of esters is 1. The Morgan fingerprint density at radius 2 is 1.33 bits per heavy atom. The summed E-state index contributed by atoms with van der Waals surface area (Å²) in [7, 11) is 1.20. The van der Waals surface area contributed by atoms with E-state index in [1.807, 2.05) is 60.7 Å². The minimum absolute atomic E-state index is 0.586. The summed E-state index contributed by atoms with van der Waals surface area (Å²) in [5, 5.41) is 9.47. The molecule has 2 rings (SSSR count). The molecule has 1 N–H and O–H groups in total. The number of carbonyl (C=O) groups is 2. The van der Waals surface area contributed by atoms with Gasteiger partial charge in [0.2, 0.25) is 0 Å². The summed E-state index contributed by atoms with van der Waals surface area (Å²) in [6, 6.07) is 18.2. The van der Waals surface area contributed by atoms with Crippen molar-refractivity contribution in [2.75, 3.05) is 7.11 Å². The van der Waals surface area contributed by atoms with Crippen LogP contribution in [-0.2, 0) is 14.3 Å². The van der Waals surface area contributed by atoms with Crippen LogP contribution in [0.1, 0.15) is 17.0 Å². The van der Waals surface area contributed by atoms with Crippen LogP contribution in [0.3, 0.4) is 0 Å². The van der Waals surface area contributed by atoms with Gasteiger partial charge in [0.05, 0.1) is 7.11 Å². The van der Waals surface area contributed by atoms with Gasteiger partial charge in [0.25, 0.3) is 0 Å². The molecular weight excluding hydrogens is 268 g/mol. The average Bonchev–Trinajstić information content (AvgIpc) is 2.53. The first-order valence-corrected chi connectivity index (χ1v) is 6.55. The molecule has 4 heteroatoms. The van der Waals surface area contributed by atoms with Gasteiger partial charge in [-0.05, 0) is 11.1 Å². The van der Waals surface area contributed by atoms with Crippen LogP contribution in [0.15, 0.2) is 60.7 Å². The Bertz CT molecular complexity index is 568. The minimum atomic E-state index is -1.28. The number of carbonyl (C=O) groups excluding carboxylic acids is 1. The van der Waals surface area contributed by atoms with E-state index in [9.17, 15) is 14.7 Å². The molecule has 1 atom stereocenters. The number of hydrogen-bond acceptors (Lipinski definition) is 3. The van der Waals surface area contributed by atoms with E-state index in [0.29, 0.717) is 0 Å². The standard InChI is InChI=1S/C17H16O4/c1-21-17(20)15(16(18)19)14(12-8-4-2-5-9-12)13-10-6-3-7-11-13/h2-11,14-15H,1H3,(H,18,19)/t15-/m1/s1. The lowest BCUT2D eigenvalue weighted by atomic mass is 9.80. The van der Waals surface area contributed by atoms with E-state index in [1.54, 1.807) is 0 Å². The zero-order chi connectivity index (χ0) is 15.2. The van der Waals surface area contributed by atoms with E-state index in [-0.39, 0.29) is 0 Å². The molecule has 0 saturated heterocycles. The molecule has 2 aromatic rings. The molecule has 0 aliphatic carbocycles. The Hall–Kier alpha value is -2.62. The lowest BCUT2D eigenvalue weighted by Gasteiger charge is -2.23. The normalized spacial score (nSPS) is 11.9. The summed E-state index contributed by atoms with van der Waals surface area (Å²) in [5.41, 5.74) is 1.53. The first kappa shape index (κ1) is 14.8. The maximum atomic E-state index is 11.9. The summed E-state index contributed by atoms with van der Waals surface area (Å²) < 4.78 is 4.68. The molecule has 0 aliphatic heterocycles. The fourth-order valence-corrected chi connectivity index (χ4v) is 2.40. The summed E-state index contributed by atoms with van der Waals surface area (Å²) >= 11 is 0. The van der Waals surface area contributed by atoms with Gasteiger partial charge in [-0.3, -0.25) is 9.59 Å². The molecule has 0 unspecified atom stereocenters. The van der Waals surface area contributed by atoms with Gasteiger partial charge in [0.1, 0.15) is 0 Å². The molecule has 0 heterocycles. The van der Waals surface area contributed by atoms with Gasteiger partial charge in [-0.2, -0.15) is 0 Å². The number of ether oxygens (including phenoxy) is 1. The Morgan fingerprint density at radius 1 is 0.905 bits per heavy atom. The van der Waals surface area contributed by atoms with Crippen LogP contribution in [0.2, 0.25) is 0 Å². The molecule has 0 saturated carbocycles. The first-order chi connectivity index (χ1) is 10.1. The average molecular weight is 284 g/mol. The fourth-order valence-electron chi connectivity index (χ4n) is 2.40. The molecule has 0 fully saturated rings. The van der Waals surface area contributed by atoms with Gasteiger partial charge in [0.15, 0.2) is 5.92 Å². The number of carboxylic acids is 1. The number of aliphatic carboxylic acids is 1. The number of hydrogen-bond donors (Lipinski definition) is 1. The molecule has 0 bridgehead atoms. The van der Waals surface area contributed by atoms with Crippen LogP contribution < -0.4 is 0 Å². The minimum Gasteiger partial charge on any atom is -0.481 e. The van der Waals surface area contributed by atoms with Crippen molar-refractivity contribution in [3.63, 3.8) is 0 Å². The van der Waals surface area contributed by atoms with E-state index >= 15 is 0 Å². The highest BCUT2D eigenvalue weighted by molar-refractivity contribution is 5.95. The third kappa shape index (κ3) is 3.28. The Labute approximate surface area is 123 Å². The summed E-state index contributed by atoms with van der Waals surface area (Å²) in [6.07, 6.45) is 0. The Morgan fingerprint density at radius 3 is 1.67 bits per heavy atom. The molecule has 4 nitrogen and oxygen atoms in total. The third-order valence-corrected chi connectivity index (χ3v) is 3.37. The van der Waals surface area contributed by atoms with Gasteiger partial charge in [-0.15, -0.1) is 0 Å². The maximum Gasteiger partial charge on any atom is 0.321 e. The van der Waals surface area contributed by atoms with Crippen molar-refractivity contribution in [3.8, 4) is 0 Å². The monoisotopic (exact) mass is 284 g/mol. The fraction of sp³-hybridized carbons (Fsp3) is 0.176. The molecule has 0 amide bonds. The summed E-state index contributed by atoms with van der Waals surface area (Å²) in [4.78, 5) is 23.5. The summed E-state index contributed by atoms with van der Waals surface area (Å²) in [6.45, 7) is 0. The molecule has 0 aliphatic rings. The largest absolute Gasteiger partial charge is 0.481 e. The van der Waals surface area contributed by atoms with E-state index in [4.69, 9.17) is 0 Å².